The van der Waals surface area contributed by atoms with Gasteiger partial charge in [0.2, 0.25) is 0 Å². The minimum atomic E-state index is -0.0644. The molecule has 1 N–H and O–H groups in total. The molecule has 7 nitrogen and oxygen atoms in total. The van der Waals surface area contributed by atoms with E-state index in [1.165, 1.54) is 6.33 Å². The average Bonchev–Trinajstić information content (AvgIpc) is 3.07. The zero-order valence-electron chi connectivity index (χ0n) is 15.2. The molecule has 3 rings (SSSR count). The minimum Gasteiger partial charge on any atom is -0.339 e. The van der Waals surface area contributed by atoms with Crippen molar-refractivity contribution in [2.45, 2.75) is 20.8 Å². The van der Waals surface area contributed by atoms with Gasteiger partial charge in [0.15, 0.2) is 0 Å². The lowest BCUT2D eigenvalue weighted by atomic mass is 10.2. The maximum atomic E-state index is 12.9. The monoisotopic (exact) mass is 350 g/mol. The first-order valence-corrected chi connectivity index (χ1v) is 8.62. The van der Waals surface area contributed by atoms with Crippen LogP contribution in [0.5, 0.6) is 0 Å². The van der Waals surface area contributed by atoms with Gasteiger partial charge in [-0.05, 0) is 32.9 Å². The molecule has 0 radical (unpaired) electrons. The molecule has 2 aromatic heterocycles. The molecule has 0 unspecified atom stereocenters. The van der Waals surface area contributed by atoms with Crippen LogP contribution in [-0.4, -0.2) is 43.6 Å². The fraction of sp³-hybridized carbons (Fsp3) is 0.263. The Balaban J connectivity index is 2.08. The molecule has 0 bridgehead atoms. The van der Waals surface area contributed by atoms with Crippen molar-refractivity contribution in [1.82, 2.24) is 24.6 Å². The van der Waals surface area contributed by atoms with Crippen LogP contribution in [0.3, 0.4) is 0 Å². The van der Waals surface area contributed by atoms with Gasteiger partial charge in [-0.15, -0.1) is 0 Å². The molecular weight excluding hydrogens is 328 g/mol. The molecule has 7 heteroatoms. The molecule has 0 atom stereocenters. The minimum absolute atomic E-state index is 0.0644. The summed E-state index contributed by atoms with van der Waals surface area (Å²) in [5, 5.41) is 7.69. The molecule has 0 saturated heterocycles. The summed E-state index contributed by atoms with van der Waals surface area (Å²) in [4.78, 5) is 23.1. The van der Waals surface area contributed by atoms with Crippen molar-refractivity contribution in [2.75, 3.05) is 18.4 Å². The number of anilines is 2. The van der Waals surface area contributed by atoms with Gasteiger partial charge in [0.25, 0.3) is 5.91 Å². The van der Waals surface area contributed by atoms with Gasteiger partial charge < -0.3 is 10.2 Å². The summed E-state index contributed by atoms with van der Waals surface area (Å²) in [6, 6.07) is 11.5. The summed E-state index contributed by atoms with van der Waals surface area (Å²) in [7, 11) is 0. The van der Waals surface area contributed by atoms with E-state index in [-0.39, 0.29) is 5.91 Å². The Morgan fingerprint density at radius 1 is 1.15 bits per heavy atom. The van der Waals surface area contributed by atoms with Crippen LogP contribution in [0.4, 0.5) is 11.6 Å². The van der Waals surface area contributed by atoms with E-state index in [1.54, 1.807) is 15.8 Å². The SMILES string of the molecule is CCN(CC)C(=O)c1cnn(-c2ccccc2)c1Nc1cc(C)ncn1. The fourth-order valence-corrected chi connectivity index (χ4v) is 2.72. The Morgan fingerprint density at radius 3 is 2.54 bits per heavy atom. The highest BCUT2D eigenvalue weighted by molar-refractivity contribution is 5.99. The molecule has 0 fully saturated rings. The molecule has 2 heterocycles. The van der Waals surface area contributed by atoms with Crippen LogP contribution in [0, 0.1) is 6.92 Å². The van der Waals surface area contributed by atoms with Gasteiger partial charge in [-0.1, -0.05) is 18.2 Å². The van der Waals surface area contributed by atoms with Gasteiger partial charge in [-0.2, -0.15) is 5.10 Å². The summed E-state index contributed by atoms with van der Waals surface area (Å²) >= 11 is 0. The van der Waals surface area contributed by atoms with Gasteiger partial charge in [-0.25, -0.2) is 14.6 Å². The quantitative estimate of drug-likeness (QED) is 0.739. The Labute approximate surface area is 152 Å². The Hall–Kier alpha value is -3.22. The second-order valence-corrected chi connectivity index (χ2v) is 5.80. The molecule has 1 amide bonds. The summed E-state index contributed by atoms with van der Waals surface area (Å²) in [6.07, 6.45) is 3.09. The molecule has 0 aliphatic rings. The molecule has 3 aromatic rings. The van der Waals surface area contributed by atoms with Crippen molar-refractivity contribution in [2.24, 2.45) is 0 Å². The van der Waals surface area contributed by atoms with Gasteiger partial charge in [0.05, 0.1) is 11.9 Å². The van der Waals surface area contributed by atoms with Crippen molar-refractivity contribution in [3.05, 3.63) is 60.2 Å². The fourth-order valence-electron chi connectivity index (χ4n) is 2.72. The number of rotatable bonds is 6. The van der Waals surface area contributed by atoms with Crippen molar-refractivity contribution < 1.29 is 4.79 Å². The lowest BCUT2D eigenvalue weighted by molar-refractivity contribution is 0.0774. The van der Waals surface area contributed by atoms with Crippen LogP contribution in [0.15, 0.2) is 48.9 Å². The number of benzene rings is 1. The number of aryl methyl sites for hydroxylation is 1. The van der Waals surface area contributed by atoms with Crippen molar-refractivity contribution >= 4 is 17.5 Å². The number of hydrogen-bond donors (Lipinski definition) is 1. The lowest BCUT2D eigenvalue weighted by Crippen LogP contribution is -2.30. The number of hydrogen-bond acceptors (Lipinski definition) is 5. The topological polar surface area (TPSA) is 75.9 Å². The second-order valence-electron chi connectivity index (χ2n) is 5.80. The van der Waals surface area contributed by atoms with Crippen LogP contribution in [0.2, 0.25) is 0 Å². The van der Waals surface area contributed by atoms with Crippen molar-refractivity contribution in [3.63, 3.8) is 0 Å². The van der Waals surface area contributed by atoms with E-state index in [4.69, 9.17) is 0 Å². The number of carbonyl (C=O) groups excluding carboxylic acids is 1. The van der Waals surface area contributed by atoms with E-state index < -0.39 is 0 Å². The molecule has 0 spiro atoms. The van der Waals surface area contributed by atoms with E-state index in [0.717, 1.165) is 11.4 Å². The Bertz CT molecular complexity index is 886. The highest BCUT2D eigenvalue weighted by Gasteiger charge is 2.22. The number of nitrogens with zero attached hydrogens (tertiary/aromatic N) is 5. The van der Waals surface area contributed by atoms with E-state index in [9.17, 15) is 4.79 Å². The number of amides is 1. The average molecular weight is 350 g/mol. The zero-order valence-corrected chi connectivity index (χ0v) is 15.2. The van der Waals surface area contributed by atoms with Crippen LogP contribution in [0.1, 0.15) is 29.9 Å². The number of carbonyl (C=O) groups is 1. The Kier molecular flexibility index (Phi) is 5.26. The van der Waals surface area contributed by atoms with Crippen LogP contribution >= 0.6 is 0 Å². The van der Waals surface area contributed by atoms with E-state index in [1.807, 2.05) is 57.2 Å². The van der Waals surface area contributed by atoms with Crippen molar-refractivity contribution in [3.8, 4) is 5.69 Å². The molecule has 0 aliphatic carbocycles. The van der Waals surface area contributed by atoms with Gasteiger partial charge >= 0.3 is 0 Å². The first kappa shape index (κ1) is 17.6. The third-order valence-electron chi connectivity index (χ3n) is 4.10. The van der Waals surface area contributed by atoms with Crippen LogP contribution in [0.25, 0.3) is 5.69 Å². The highest BCUT2D eigenvalue weighted by Crippen LogP contribution is 2.25. The molecular formula is C19H22N6O. The first-order valence-electron chi connectivity index (χ1n) is 8.62. The number of aromatic nitrogens is 4. The van der Waals surface area contributed by atoms with Crippen LogP contribution in [-0.2, 0) is 0 Å². The van der Waals surface area contributed by atoms with E-state index in [0.29, 0.717) is 30.3 Å². The maximum Gasteiger partial charge on any atom is 0.259 e. The van der Waals surface area contributed by atoms with Gasteiger partial charge in [0.1, 0.15) is 23.5 Å². The first-order chi connectivity index (χ1) is 12.6. The van der Waals surface area contributed by atoms with Crippen LogP contribution < -0.4 is 5.32 Å². The summed E-state index contributed by atoms with van der Waals surface area (Å²) < 4.78 is 1.72. The highest BCUT2D eigenvalue weighted by atomic mass is 16.2. The normalized spacial score (nSPS) is 10.6. The standard InChI is InChI=1S/C19H22N6O/c1-4-24(5-2)19(26)16-12-22-25(15-9-7-6-8-10-15)18(16)23-17-11-14(3)20-13-21-17/h6-13H,4-5H2,1-3H3,(H,20,21,23). The maximum absolute atomic E-state index is 12.9. The largest absolute Gasteiger partial charge is 0.339 e. The molecule has 1 aromatic carbocycles. The predicted molar refractivity (Wildman–Crippen MR) is 101 cm³/mol. The third kappa shape index (κ3) is 3.56. The molecule has 134 valence electrons. The summed E-state index contributed by atoms with van der Waals surface area (Å²) in [5.74, 6) is 1.14. The zero-order chi connectivity index (χ0) is 18.5. The molecule has 0 saturated carbocycles. The second kappa shape index (κ2) is 7.77. The number of para-hydroxylation sites is 1. The predicted octanol–water partition coefficient (Wildman–Crippen LogP) is 3.20. The van der Waals surface area contributed by atoms with Crippen molar-refractivity contribution in [1.29, 1.82) is 0 Å². The van der Waals surface area contributed by atoms with Gasteiger partial charge in [0, 0.05) is 24.8 Å². The third-order valence-corrected chi connectivity index (χ3v) is 4.10. The smallest absolute Gasteiger partial charge is 0.259 e. The lowest BCUT2D eigenvalue weighted by Gasteiger charge is -2.19. The Morgan fingerprint density at radius 2 is 1.88 bits per heavy atom. The van der Waals surface area contributed by atoms with E-state index in [2.05, 4.69) is 20.4 Å². The number of nitrogens with one attached hydrogen (secondary N) is 1. The molecule has 0 aliphatic heterocycles. The van der Waals surface area contributed by atoms with E-state index >= 15 is 0 Å². The summed E-state index contributed by atoms with van der Waals surface area (Å²) in [6.45, 7) is 7.09. The molecule has 26 heavy (non-hydrogen) atoms. The summed E-state index contributed by atoms with van der Waals surface area (Å²) in [5.41, 5.74) is 2.21. The van der Waals surface area contributed by atoms with Gasteiger partial charge in [-0.3, -0.25) is 4.79 Å².